The number of aryl methyl sites for hydroxylation is 1. The topological polar surface area (TPSA) is 97.6 Å². The molecule has 138 valence electrons. The van der Waals surface area contributed by atoms with Crippen LogP contribution < -0.4 is 4.31 Å². The van der Waals surface area contributed by atoms with E-state index in [2.05, 4.69) is 0 Å². The third-order valence-electron chi connectivity index (χ3n) is 3.86. The Balaban J connectivity index is 2.61. The average Bonchev–Trinajstić information content (AvgIpc) is 2.62. The lowest BCUT2D eigenvalue weighted by Gasteiger charge is -2.28. The maximum atomic E-state index is 13.1. The number of sulfonamides is 1. The summed E-state index contributed by atoms with van der Waals surface area (Å²) in [5.41, 5.74) is 0.874. The predicted molar refractivity (Wildman–Crippen MR) is 98.9 cm³/mol. The summed E-state index contributed by atoms with van der Waals surface area (Å²) < 4.78 is 27.1. The maximum absolute atomic E-state index is 13.1. The fourth-order valence-electron chi connectivity index (χ4n) is 2.41. The van der Waals surface area contributed by atoms with Crippen molar-refractivity contribution in [2.24, 2.45) is 0 Å². The van der Waals surface area contributed by atoms with Crippen molar-refractivity contribution in [3.63, 3.8) is 0 Å². The highest BCUT2D eigenvalue weighted by Crippen LogP contribution is 2.29. The van der Waals surface area contributed by atoms with Crippen LogP contribution in [-0.4, -0.2) is 24.6 Å². The molecule has 0 radical (unpaired) electrons. The van der Waals surface area contributed by atoms with E-state index in [9.17, 15) is 23.3 Å². The van der Waals surface area contributed by atoms with E-state index >= 15 is 0 Å². The van der Waals surface area contributed by atoms with Crippen molar-refractivity contribution in [1.82, 2.24) is 0 Å². The first-order valence-corrected chi connectivity index (χ1v) is 9.57. The van der Waals surface area contributed by atoms with Crippen LogP contribution in [0.2, 0.25) is 0 Å². The quantitative estimate of drug-likeness (QED) is 0.405. The molecule has 1 unspecified atom stereocenters. The smallest absolute Gasteiger partial charge is 0.270 e. The van der Waals surface area contributed by atoms with Gasteiger partial charge in [0.05, 0.1) is 15.5 Å². The summed E-state index contributed by atoms with van der Waals surface area (Å²) >= 11 is 5.55. The molecule has 2 aromatic carbocycles. The first-order chi connectivity index (χ1) is 12.2. The van der Waals surface area contributed by atoms with E-state index in [1.807, 2.05) is 6.92 Å². The number of carbonyl (C=O) groups excluding carboxylic acids is 1. The Morgan fingerprint density at radius 1 is 1.23 bits per heavy atom. The largest absolute Gasteiger partial charge is 0.279 e. The summed E-state index contributed by atoms with van der Waals surface area (Å²) in [7, 11) is -4.25. The molecule has 0 heterocycles. The van der Waals surface area contributed by atoms with Gasteiger partial charge in [0.1, 0.15) is 6.04 Å². The zero-order chi connectivity index (χ0) is 19.5. The number of nitrogens with zero attached hydrogens (tertiary/aromatic N) is 2. The van der Waals surface area contributed by atoms with Crippen molar-refractivity contribution < 1.29 is 18.1 Å². The van der Waals surface area contributed by atoms with Gasteiger partial charge in [0, 0.05) is 12.1 Å². The average molecular weight is 397 g/mol. The van der Waals surface area contributed by atoms with Gasteiger partial charge >= 0.3 is 0 Å². The van der Waals surface area contributed by atoms with Gasteiger partial charge in [-0.1, -0.05) is 25.1 Å². The molecule has 2 aromatic rings. The summed E-state index contributed by atoms with van der Waals surface area (Å²) in [6, 6.07) is 10.1. The monoisotopic (exact) mass is 396 g/mol. The SMILES string of the molecule is CCc1ccc(N(C(C)C(=O)Cl)S(=O)(=O)c2cccc([N+](=O)[O-])c2)cc1. The number of benzene rings is 2. The molecule has 0 spiro atoms. The number of nitro benzene ring substituents is 1. The molecule has 2 rings (SSSR count). The molecule has 0 bridgehead atoms. The number of non-ortho nitro benzene ring substituents is 1. The Morgan fingerprint density at radius 3 is 2.35 bits per heavy atom. The summed E-state index contributed by atoms with van der Waals surface area (Å²) in [5.74, 6) is 0. The van der Waals surface area contributed by atoms with E-state index in [1.165, 1.54) is 25.1 Å². The lowest BCUT2D eigenvalue weighted by molar-refractivity contribution is -0.385. The second kappa shape index (κ2) is 7.84. The number of anilines is 1. The highest BCUT2D eigenvalue weighted by Gasteiger charge is 2.33. The van der Waals surface area contributed by atoms with Crippen LogP contribution in [0, 0.1) is 10.1 Å². The lowest BCUT2D eigenvalue weighted by atomic mass is 10.1. The number of halogens is 1. The van der Waals surface area contributed by atoms with Gasteiger partial charge in [0.15, 0.2) is 0 Å². The van der Waals surface area contributed by atoms with Gasteiger partial charge in [-0.2, -0.15) is 0 Å². The fourth-order valence-corrected chi connectivity index (χ4v) is 4.23. The number of hydrogen-bond donors (Lipinski definition) is 0. The number of carbonyl (C=O) groups is 1. The van der Waals surface area contributed by atoms with Gasteiger partial charge in [-0.05, 0) is 48.7 Å². The molecule has 0 N–H and O–H groups in total. The Kier molecular flexibility index (Phi) is 5.99. The van der Waals surface area contributed by atoms with Gasteiger partial charge in [-0.25, -0.2) is 8.42 Å². The van der Waals surface area contributed by atoms with Crippen LogP contribution in [0.3, 0.4) is 0 Å². The summed E-state index contributed by atoms with van der Waals surface area (Å²) in [6.07, 6.45) is 0.766. The normalized spacial score (nSPS) is 12.4. The van der Waals surface area contributed by atoms with Crippen LogP contribution in [0.5, 0.6) is 0 Å². The molecule has 0 aliphatic carbocycles. The zero-order valence-electron chi connectivity index (χ0n) is 14.1. The summed E-state index contributed by atoms with van der Waals surface area (Å²) in [5, 5.41) is 10.1. The molecular weight excluding hydrogens is 380 g/mol. The second-order valence-corrected chi connectivity index (χ2v) is 7.74. The van der Waals surface area contributed by atoms with Gasteiger partial charge in [-0.15, -0.1) is 0 Å². The molecule has 9 heteroatoms. The van der Waals surface area contributed by atoms with E-state index in [-0.39, 0.29) is 16.3 Å². The minimum atomic E-state index is -4.25. The third-order valence-corrected chi connectivity index (χ3v) is 6.07. The molecule has 0 aromatic heterocycles. The van der Waals surface area contributed by atoms with Crippen LogP contribution in [0.1, 0.15) is 19.4 Å². The number of rotatable bonds is 7. The van der Waals surface area contributed by atoms with Crippen LogP contribution in [0.25, 0.3) is 0 Å². The maximum Gasteiger partial charge on any atom is 0.270 e. The molecule has 0 amide bonds. The van der Waals surface area contributed by atoms with E-state index in [0.29, 0.717) is 0 Å². The third kappa shape index (κ3) is 4.03. The second-order valence-electron chi connectivity index (χ2n) is 5.56. The van der Waals surface area contributed by atoms with Crippen LogP contribution in [0.4, 0.5) is 11.4 Å². The zero-order valence-corrected chi connectivity index (χ0v) is 15.7. The Bertz CT molecular complexity index is 928. The molecule has 0 saturated carbocycles. The van der Waals surface area contributed by atoms with Crippen molar-refractivity contribution in [3.05, 3.63) is 64.2 Å². The van der Waals surface area contributed by atoms with Crippen molar-refractivity contribution >= 4 is 38.2 Å². The fraction of sp³-hybridized carbons (Fsp3) is 0.235. The molecule has 0 aliphatic rings. The standard InChI is InChI=1S/C17H17ClN2O5S/c1-3-13-7-9-14(10-8-13)19(12(2)17(18)21)26(24,25)16-6-4-5-15(11-16)20(22)23/h4-12H,3H2,1-2H3. The van der Waals surface area contributed by atoms with Crippen molar-refractivity contribution in [2.75, 3.05) is 4.31 Å². The minimum Gasteiger partial charge on any atom is -0.279 e. The first kappa shape index (κ1) is 19.9. The molecule has 1 atom stereocenters. The van der Waals surface area contributed by atoms with Crippen LogP contribution in [-0.2, 0) is 21.2 Å². The lowest BCUT2D eigenvalue weighted by Crippen LogP contribution is -2.42. The van der Waals surface area contributed by atoms with E-state index in [1.54, 1.807) is 24.3 Å². The van der Waals surface area contributed by atoms with E-state index in [0.717, 1.165) is 22.4 Å². The molecule has 0 saturated heterocycles. The first-order valence-electron chi connectivity index (χ1n) is 7.75. The minimum absolute atomic E-state index is 0.246. The van der Waals surface area contributed by atoms with E-state index in [4.69, 9.17) is 11.6 Å². The Hall–Kier alpha value is -2.45. The molecule has 7 nitrogen and oxygen atoms in total. The summed E-state index contributed by atoms with van der Waals surface area (Å²) in [6.45, 7) is 3.31. The van der Waals surface area contributed by atoms with Gasteiger partial charge in [0.25, 0.3) is 15.7 Å². The molecular formula is C17H17ClN2O5S. The van der Waals surface area contributed by atoms with Gasteiger partial charge in [-0.3, -0.25) is 19.2 Å². The highest BCUT2D eigenvalue weighted by molar-refractivity contribution is 7.93. The Morgan fingerprint density at radius 2 is 1.85 bits per heavy atom. The predicted octanol–water partition coefficient (Wildman–Crippen LogP) is 3.51. The van der Waals surface area contributed by atoms with Crippen LogP contribution in [0.15, 0.2) is 53.4 Å². The summed E-state index contributed by atoms with van der Waals surface area (Å²) in [4.78, 5) is 21.7. The van der Waals surface area contributed by atoms with E-state index < -0.39 is 26.2 Å². The van der Waals surface area contributed by atoms with Crippen LogP contribution >= 0.6 is 11.6 Å². The highest BCUT2D eigenvalue weighted by atomic mass is 35.5. The van der Waals surface area contributed by atoms with Crippen molar-refractivity contribution in [3.8, 4) is 0 Å². The van der Waals surface area contributed by atoms with Crippen molar-refractivity contribution in [2.45, 2.75) is 31.2 Å². The molecule has 0 fully saturated rings. The molecule has 0 aliphatic heterocycles. The van der Waals surface area contributed by atoms with Gasteiger partial charge in [0.2, 0.25) is 5.24 Å². The van der Waals surface area contributed by atoms with Gasteiger partial charge < -0.3 is 0 Å². The number of nitro groups is 1. The molecule has 26 heavy (non-hydrogen) atoms. The number of hydrogen-bond acceptors (Lipinski definition) is 5. The van der Waals surface area contributed by atoms with Crippen molar-refractivity contribution in [1.29, 1.82) is 0 Å². The Labute approximate surface area is 156 Å².